The summed E-state index contributed by atoms with van der Waals surface area (Å²) in [5.74, 6) is 2.66. The molecule has 4 rings (SSSR count). The van der Waals surface area contributed by atoms with Gasteiger partial charge in [-0.15, -0.1) is 6.58 Å². The Labute approximate surface area is 182 Å². The molecule has 9 nitrogen and oxygen atoms in total. The van der Waals surface area contributed by atoms with Gasteiger partial charge in [0.2, 0.25) is 5.95 Å². The molecule has 2 aliphatic heterocycles. The summed E-state index contributed by atoms with van der Waals surface area (Å²) < 4.78 is 16.4. The van der Waals surface area contributed by atoms with Gasteiger partial charge in [0.25, 0.3) is 5.91 Å². The van der Waals surface area contributed by atoms with Crippen LogP contribution in [0.5, 0.6) is 11.5 Å². The lowest BCUT2D eigenvalue weighted by atomic mass is 10.2. The highest BCUT2D eigenvalue weighted by atomic mass is 16.5. The number of anilines is 2. The van der Waals surface area contributed by atoms with Crippen LogP contribution in [0.2, 0.25) is 0 Å². The summed E-state index contributed by atoms with van der Waals surface area (Å²) in [5, 5.41) is 4.14. The summed E-state index contributed by atoms with van der Waals surface area (Å²) in [6, 6.07) is 3.73. The lowest BCUT2D eigenvalue weighted by molar-refractivity contribution is -0.141. The smallest absolute Gasteiger partial charge is 0.251 e. The highest BCUT2D eigenvalue weighted by Crippen LogP contribution is 2.35. The maximum atomic E-state index is 12.6. The van der Waals surface area contributed by atoms with Crippen LogP contribution in [0, 0.1) is 0 Å². The van der Waals surface area contributed by atoms with E-state index in [1.165, 1.54) is 0 Å². The minimum absolute atomic E-state index is 0.0988. The van der Waals surface area contributed by atoms with E-state index >= 15 is 0 Å². The molecule has 1 aromatic carbocycles. The first-order valence-electron chi connectivity index (χ1n) is 10.6. The minimum atomic E-state index is -0.277. The molecule has 0 aliphatic carbocycles. The SMILES string of the molecule is C=CCNc1nc(N2CCN(C(=O)C3CCCO3)CC2)nc2cc(OC)c(OC)cc12. The van der Waals surface area contributed by atoms with Crippen LogP contribution in [0.4, 0.5) is 11.8 Å². The van der Waals surface area contributed by atoms with Gasteiger partial charge < -0.3 is 29.3 Å². The number of rotatable bonds is 7. The first-order valence-corrected chi connectivity index (χ1v) is 10.6. The van der Waals surface area contributed by atoms with Gasteiger partial charge in [-0.3, -0.25) is 4.79 Å². The van der Waals surface area contributed by atoms with Gasteiger partial charge in [-0.05, 0) is 18.9 Å². The van der Waals surface area contributed by atoms with Crippen LogP contribution in [0.1, 0.15) is 12.8 Å². The number of methoxy groups -OCH3 is 2. The Morgan fingerprint density at radius 3 is 2.61 bits per heavy atom. The molecule has 1 aromatic heterocycles. The standard InChI is InChI=1S/C22H29N5O4/c1-4-7-23-20-15-13-18(29-2)19(30-3)14-16(15)24-22(25-20)27-10-8-26(9-11-27)21(28)17-6-5-12-31-17/h4,13-14,17H,1,5-12H2,2-3H3,(H,23,24,25). The molecule has 0 bridgehead atoms. The molecule has 1 atom stereocenters. The van der Waals surface area contributed by atoms with E-state index in [9.17, 15) is 4.79 Å². The van der Waals surface area contributed by atoms with Crippen molar-refractivity contribution in [1.29, 1.82) is 0 Å². The van der Waals surface area contributed by atoms with E-state index in [0.717, 1.165) is 23.7 Å². The quantitative estimate of drug-likeness (QED) is 0.672. The van der Waals surface area contributed by atoms with Crippen molar-refractivity contribution in [3.63, 3.8) is 0 Å². The molecule has 3 heterocycles. The second-order valence-electron chi connectivity index (χ2n) is 7.58. The predicted octanol–water partition coefficient (Wildman–Crippen LogP) is 2.07. The van der Waals surface area contributed by atoms with Gasteiger partial charge in [0.1, 0.15) is 11.9 Å². The third-order valence-electron chi connectivity index (χ3n) is 5.68. The molecule has 1 unspecified atom stereocenters. The molecule has 31 heavy (non-hydrogen) atoms. The van der Waals surface area contributed by atoms with Crippen molar-refractivity contribution >= 4 is 28.6 Å². The van der Waals surface area contributed by atoms with Gasteiger partial charge in [0.15, 0.2) is 11.5 Å². The predicted molar refractivity (Wildman–Crippen MR) is 119 cm³/mol. The summed E-state index contributed by atoms with van der Waals surface area (Å²) in [5.41, 5.74) is 0.757. The Morgan fingerprint density at radius 1 is 1.23 bits per heavy atom. The normalized spacial score (nSPS) is 18.8. The average Bonchev–Trinajstić information content (AvgIpc) is 3.36. The van der Waals surface area contributed by atoms with Crippen LogP contribution < -0.4 is 19.7 Å². The molecule has 2 aromatic rings. The molecule has 9 heteroatoms. The minimum Gasteiger partial charge on any atom is -0.493 e. The van der Waals surface area contributed by atoms with Crippen LogP contribution in [0.3, 0.4) is 0 Å². The number of nitrogens with one attached hydrogen (secondary N) is 1. The van der Waals surface area contributed by atoms with E-state index in [4.69, 9.17) is 24.2 Å². The first kappa shape index (κ1) is 21.2. The number of ether oxygens (including phenoxy) is 3. The molecule has 1 amide bonds. The van der Waals surface area contributed by atoms with Crippen molar-refractivity contribution in [3.8, 4) is 11.5 Å². The molecule has 1 N–H and O–H groups in total. The zero-order valence-electron chi connectivity index (χ0n) is 18.1. The van der Waals surface area contributed by atoms with Crippen molar-refractivity contribution in [3.05, 3.63) is 24.8 Å². The van der Waals surface area contributed by atoms with Crippen molar-refractivity contribution in [2.75, 3.05) is 63.8 Å². The number of piperazine rings is 1. The maximum Gasteiger partial charge on any atom is 0.251 e. The molecule has 0 radical (unpaired) electrons. The van der Waals surface area contributed by atoms with E-state index in [1.807, 2.05) is 17.0 Å². The van der Waals surface area contributed by atoms with E-state index in [2.05, 4.69) is 16.8 Å². The number of carbonyl (C=O) groups excluding carboxylic acids is 1. The van der Waals surface area contributed by atoms with Gasteiger partial charge >= 0.3 is 0 Å². The van der Waals surface area contributed by atoms with Crippen LogP contribution >= 0.6 is 0 Å². The molecule has 2 aliphatic rings. The lowest BCUT2D eigenvalue weighted by Gasteiger charge is -2.36. The summed E-state index contributed by atoms with van der Waals surface area (Å²) in [6.07, 6.45) is 3.27. The number of nitrogens with zero attached hydrogens (tertiary/aromatic N) is 4. The molecule has 0 spiro atoms. The van der Waals surface area contributed by atoms with Crippen molar-refractivity contribution in [2.24, 2.45) is 0 Å². The largest absolute Gasteiger partial charge is 0.493 e. The third-order valence-corrected chi connectivity index (χ3v) is 5.68. The lowest BCUT2D eigenvalue weighted by Crippen LogP contribution is -2.51. The Kier molecular flexibility index (Phi) is 6.41. The third kappa shape index (κ3) is 4.36. The summed E-state index contributed by atoms with van der Waals surface area (Å²) in [4.78, 5) is 26.2. The van der Waals surface area contributed by atoms with Gasteiger partial charge in [-0.25, -0.2) is 4.98 Å². The van der Waals surface area contributed by atoms with Crippen molar-refractivity contribution < 1.29 is 19.0 Å². The zero-order chi connectivity index (χ0) is 21.8. The van der Waals surface area contributed by atoms with Crippen LogP contribution in [-0.2, 0) is 9.53 Å². The van der Waals surface area contributed by atoms with E-state index in [-0.39, 0.29) is 12.0 Å². The van der Waals surface area contributed by atoms with Crippen molar-refractivity contribution in [2.45, 2.75) is 18.9 Å². The first-order chi connectivity index (χ1) is 15.1. The second kappa shape index (κ2) is 9.38. The number of fused-ring (bicyclic) bond motifs is 1. The molecule has 2 saturated heterocycles. The molecular weight excluding hydrogens is 398 g/mol. The summed E-state index contributed by atoms with van der Waals surface area (Å²) >= 11 is 0. The van der Waals surface area contributed by atoms with E-state index in [0.29, 0.717) is 62.6 Å². The molecule has 166 valence electrons. The Balaban J connectivity index is 1.58. The van der Waals surface area contributed by atoms with Gasteiger partial charge in [-0.1, -0.05) is 6.08 Å². The Bertz CT molecular complexity index is 953. The number of benzene rings is 1. The fourth-order valence-electron chi connectivity index (χ4n) is 3.99. The number of aromatic nitrogens is 2. The van der Waals surface area contributed by atoms with E-state index in [1.54, 1.807) is 20.3 Å². The van der Waals surface area contributed by atoms with Crippen LogP contribution in [0.15, 0.2) is 24.8 Å². The van der Waals surface area contributed by atoms with Crippen LogP contribution in [0.25, 0.3) is 10.9 Å². The molecule has 2 fully saturated rings. The van der Waals surface area contributed by atoms with Gasteiger partial charge in [-0.2, -0.15) is 4.98 Å². The highest BCUT2D eigenvalue weighted by molar-refractivity contribution is 5.93. The second-order valence-corrected chi connectivity index (χ2v) is 7.58. The number of hydrogen-bond donors (Lipinski definition) is 1. The van der Waals surface area contributed by atoms with Crippen molar-refractivity contribution in [1.82, 2.24) is 14.9 Å². The fraction of sp³-hybridized carbons (Fsp3) is 0.500. The fourth-order valence-corrected chi connectivity index (χ4v) is 3.99. The number of amides is 1. The Hall–Kier alpha value is -3.07. The summed E-state index contributed by atoms with van der Waals surface area (Å²) in [6.45, 7) is 7.61. The van der Waals surface area contributed by atoms with Gasteiger partial charge in [0, 0.05) is 50.8 Å². The molecule has 0 saturated carbocycles. The highest BCUT2D eigenvalue weighted by Gasteiger charge is 2.31. The number of carbonyl (C=O) groups is 1. The molecular formula is C22H29N5O4. The van der Waals surface area contributed by atoms with Gasteiger partial charge in [0.05, 0.1) is 19.7 Å². The topological polar surface area (TPSA) is 89.1 Å². The monoisotopic (exact) mass is 427 g/mol. The van der Waals surface area contributed by atoms with Crippen LogP contribution in [-0.4, -0.2) is 80.4 Å². The maximum absolute atomic E-state index is 12.6. The number of hydrogen-bond acceptors (Lipinski definition) is 8. The Morgan fingerprint density at radius 2 is 1.97 bits per heavy atom. The van der Waals surface area contributed by atoms with E-state index < -0.39 is 0 Å². The average molecular weight is 428 g/mol. The zero-order valence-corrected chi connectivity index (χ0v) is 18.1. The summed E-state index contributed by atoms with van der Waals surface area (Å²) in [7, 11) is 3.21.